The van der Waals surface area contributed by atoms with Crippen molar-refractivity contribution in [1.29, 1.82) is 0 Å². The third kappa shape index (κ3) is 4.19. The van der Waals surface area contributed by atoms with Crippen LogP contribution in [-0.2, 0) is 0 Å². The maximum Gasteiger partial charge on any atom is 0.0631 e. The van der Waals surface area contributed by atoms with Crippen LogP contribution in [0.5, 0.6) is 0 Å². The van der Waals surface area contributed by atoms with Crippen LogP contribution in [0.4, 0.5) is 0 Å². The second-order valence-electron chi connectivity index (χ2n) is 7.99. The molecule has 0 radical (unpaired) electrons. The van der Waals surface area contributed by atoms with Gasteiger partial charge in [-0.05, 0) is 55.9 Å². The summed E-state index contributed by atoms with van der Waals surface area (Å²) < 4.78 is 0. The van der Waals surface area contributed by atoms with E-state index in [0.717, 1.165) is 18.5 Å². The number of aliphatic hydroxyl groups is 1. The highest BCUT2D eigenvalue weighted by molar-refractivity contribution is 4.92. The van der Waals surface area contributed by atoms with Gasteiger partial charge in [-0.1, -0.05) is 34.1 Å². The average molecular weight is 267 g/mol. The van der Waals surface area contributed by atoms with Crippen molar-refractivity contribution >= 4 is 0 Å². The van der Waals surface area contributed by atoms with E-state index in [1.165, 1.54) is 45.1 Å². The molecule has 2 aliphatic carbocycles. The van der Waals surface area contributed by atoms with Crippen LogP contribution in [0.2, 0.25) is 0 Å². The van der Waals surface area contributed by atoms with Gasteiger partial charge < -0.3 is 10.0 Å². The molecule has 2 aliphatic rings. The van der Waals surface area contributed by atoms with Crippen molar-refractivity contribution in [3.63, 3.8) is 0 Å². The van der Waals surface area contributed by atoms with Crippen LogP contribution in [0.25, 0.3) is 0 Å². The summed E-state index contributed by atoms with van der Waals surface area (Å²) in [5, 5.41) is 10.6. The maximum atomic E-state index is 10.6. The van der Waals surface area contributed by atoms with Crippen molar-refractivity contribution < 1.29 is 5.11 Å². The number of hydrogen-bond acceptors (Lipinski definition) is 2. The van der Waals surface area contributed by atoms with Crippen molar-refractivity contribution in [2.75, 3.05) is 13.1 Å². The molecule has 0 saturated heterocycles. The fraction of sp³-hybridized carbons (Fsp3) is 1.00. The molecule has 0 aromatic rings. The Morgan fingerprint density at radius 3 is 2.47 bits per heavy atom. The van der Waals surface area contributed by atoms with E-state index >= 15 is 0 Å². The largest absolute Gasteiger partial charge is 0.392 e. The Hall–Kier alpha value is -0.0800. The quantitative estimate of drug-likeness (QED) is 0.793. The Bertz CT molecular complexity index is 283. The lowest BCUT2D eigenvalue weighted by molar-refractivity contribution is -0.0440. The lowest BCUT2D eigenvalue weighted by Crippen LogP contribution is -2.45. The summed E-state index contributed by atoms with van der Waals surface area (Å²) >= 11 is 0. The first-order valence-corrected chi connectivity index (χ1v) is 8.32. The molecule has 2 heteroatoms. The molecule has 2 nitrogen and oxygen atoms in total. The van der Waals surface area contributed by atoms with E-state index in [1.807, 2.05) is 0 Å². The molecule has 0 aromatic carbocycles. The molecule has 0 aromatic heterocycles. The Kier molecular flexibility index (Phi) is 4.94. The average Bonchev–Trinajstić information content (AvgIpc) is 3.13. The first-order chi connectivity index (χ1) is 8.90. The highest BCUT2D eigenvalue weighted by Crippen LogP contribution is 2.40. The third-order valence-electron chi connectivity index (χ3n) is 5.17. The van der Waals surface area contributed by atoms with Crippen LogP contribution in [-0.4, -0.2) is 35.2 Å². The van der Waals surface area contributed by atoms with E-state index in [1.54, 1.807) is 0 Å². The van der Waals surface area contributed by atoms with Crippen molar-refractivity contribution in [1.82, 2.24) is 4.90 Å². The normalized spacial score (nSPS) is 31.1. The lowest BCUT2D eigenvalue weighted by Gasteiger charge is -2.42. The van der Waals surface area contributed by atoms with Crippen LogP contribution in [0, 0.1) is 17.3 Å². The summed E-state index contributed by atoms with van der Waals surface area (Å²) in [4.78, 5) is 2.68. The van der Waals surface area contributed by atoms with Gasteiger partial charge in [-0.25, -0.2) is 0 Å². The smallest absolute Gasteiger partial charge is 0.0631 e. The van der Waals surface area contributed by atoms with Crippen molar-refractivity contribution in [2.24, 2.45) is 17.3 Å². The van der Waals surface area contributed by atoms with Crippen LogP contribution in [0.1, 0.15) is 66.2 Å². The van der Waals surface area contributed by atoms with Gasteiger partial charge in [0, 0.05) is 12.6 Å². The molecule has 0 bridgehead atoms. The highest BCUT2D eigenvalue weighted by atomic mass is 16.3. The van der Waals surface area contributed by atoms with Gasteiger partial charge >= 0.3 is 0 Å². The number of aliphatic hydroxyl groups excluding tert-OH is 1. The molecule has 112 valence electrons. The van der Waals surface area contributed by atoms with Crippen molar-refractivity contribution in [3.05, 3.63) is 0 Å². The van der Waals surface area contributed by atoms with E-state index in [9.17, 15) is 5.11 Å². The van der Waals surface area contributed by atoms with Crippen molar-refractivity contribution in [2.45, 2.75) is 78.4 Å². The van der Waals surface area contributed by atoms with E-state index in [-0.39, 0.29) is 11.5 Å². The Morgan fingerprint density at radius 1 is 1.21 bits per heavy atom. The minimum atomic E-state index is -0.110. The van der Waals surface area contributed by atoms with Gasteiger partial charge in [0.15, 0.2) is 0 Å². The van der Waals surface area contributed by atoms with Gasteiger partial charge in [-0.15, -0.1) is 0 Å². The summed E-state index contributed by atoms with van der Waals surface area (Å²) in [6.07, 6.45) is 7.63. The number of rotatable bonds is 6. The van der Waals surface area contributed by atoms with E-state index in [2.05, 4.69) is 32.6 Å². The monoisotopic (exact) mass is 267 g/mol. The fourth-order valence-electron chi connectivity index (χ4n) is 3.54. The molecule has 0 aliphatic heterocycles. The van der Waals surface area contributed by atoms with Gasteiger partial charge in [-0.3, -0.25) is 0 Å². The number of hydrogen-bond donors (Lipinski definition) is 1. The predicted octanol–water partition coefficient (Wildman–Crippen LogP) is 3.68. The van der Waals surface area contributed by atoms with E-state index in [0.29, 0.717) is 5.92 Å². The molecular weight excluding hydrogens is 234 g/mol. The van der Waals surface area contributed by atoms with Crippen LogP contribution in [0.3, 0.4) is 0 Å². The molecule has 0 heterocycles. The van der Waals surface area contributed by atoms with E-state index < -0.39 is 0 Å². The summed E-state index contributed by atoms with van der Waals surface area (Å²) in [5.41, 5.74) is 0.121. The van der Waals surface area contributed by atoms with E-state index in [4.69, 9.17) is 0 Å². The topological polar surface area (TPSA) is 23.5 Å². The fourth-order valence-corrected chi connectivity index (χ4v) is 3.54. The molecule has 2 fully saturated rings. The summed E-state index contributed by atoms with van der Waals surface area (Å²) in [7, 11) is 0. The molecule has 19 heavy (non-hydrogen) atoms. The molecule has 2 rings (SSSR count). The van der Waals surface area contributed by atoms with Gasteiger partial charge in [-0.2, -0.15) is 0 Å². The van der Waals surface area contributed by atoms with Crippen LogP contribution >= 0.6 is 0 Å². The zero-order chi connectivity index (χ0) is 14.0. The maximum absolute atomic E-state index is 10.6. The molecule has 2 atom stereocenters. The summed E-state index contributed by atoms with van der Waals surface area (Å²) in [5.74, 6) is 1.28. The lowest BCUT2D eigenvalue weighted by atomic mass is 9.69. The molecule has 1 N–H and O–H groups in total. The van der Waals surface area contributed by atoms with Gasteiger partial charge in [0.05, 0.1) is 6.10 Å². The molecule has 0 spiro atoms. The van der Waals surface area contributed by atoms with Crippen molar-refractivity contribution in [3.8, 4) is 0 Å². The molecule has 2 saturated carbocycles. The van der Waals surface area contributed by atoms with Crippen LogP contribution in [0.15, 0.2) is 0 Å². The Labute approximate surface area is 119 Å². The summed E-state index contributed by atoms with van der Waals surface area (Å²) in [6, 6.07) is 0.830. The minimum Gasteiger partial charge on any atom is -0.392 e. The molecular formula is C17H33NO. The minimum absolute atomic E-state index is 0.110. The first-order valence-electron chi connectivity index (χ1n) is 8.32. The Balaban J connectivity index is 1.89. The molecule has 0 amide bonds. The predicted molar refractivity (Wildman–Crippen MR) is 81.2 cm³/mol. The number of nitrogens with zero attached hydrogens (tertiary/aromatic N) is 1. The standard InChI is InChI=1S/C17H33NO/c1-13(2)9-11-18(15-7-8-15)12-14-6-5-10-17(3,4)16(14)19/h13-16,19H,5-12H2,1-4H3. The van der Waals surface area contributed by atoms with Gasteiger partial charge in [0.2, 0.25) is 0 Å². The van der Waals surface area contributed by atoms with Crippen LogP contribution < -0.4 is 0 Å². The first kappa shape index (κ1) is 15.3. The van der Waals surface area contributed by atoms with Gasteiger partial charge in [0.25, 0.3) is 0 Å². The SMILES string of the molecule is CC(C)CCN(CC1CCCC(C)(C)C1O)C1CC1. The second-order valence-corrected chi connectivity index (χ2v) is 7.99. The zero-order valence-corrected chi connectivity index (χ0v) is 13.4. The second kappa shape index (κ2) is 6.13. The molecule has 2 unspecified atom stereocenters. The zero-order valence-electron chi connectivity index (χ0n) is 13.4. The van der Waals surface area contributed by atoms with Gasteiger partial charge in [0.1, 0.15) is 0 Å². The Morgan fingerprint density at radius 2 is 1.89 bits per heavy atom. The third-order valence-corrected chi connectivity index (χ3v) is 5.17. The summed E-state index contributed by atoms with van der Waals surface area (Å²) in [6.45, 7) is 11.4. The highest BCUT2D eigenvalue weighted by Gasteiger charge is 2.40.